The number of nitrogens with two attached hydrogens (primary N) is 1. The Kier molecular flexibility index (Phi) is 5.16. The molecule has 0 amide bonds. The highest BCUT2D eigenvalue weighted by atomic mass is 35.5. The number of rotatable bonds is 4. The minimum Gasteiger partial charge on any atom is -0.271 e. The molecule has 1 aliphatic heterocycles. The number of hydrogen-bond donors (Lipinski definition) is 2. The summed E-state index contributed by atoms with van der Waals surface area (Å²) >= 11 is 8.08. The predicted molar refractivity (Wildman–Crippen MR) is 76.2 cm³/mol. The molecule has 0 saturated carbocycles. The Balaban J connectivity index is 2.00. The first-order valence-electron chi connectivity index (χ1n) is 6.09. The summed E-state index contributed by atoms with van der Waals surface area (Å²) in [6, 6.07) is 8.20. The maximum absolute atomic E-state index is 6.02. The summed E-state index contributed by atoms with van der Waals surface area (Å²) in [5, 5.41) is 0.780. The molecule has 1 aromatic carbocycles. The first-order chi connectivity index (χ1) is 8.29. The van der Waals surface area contributed by atoms with Gasteiger partial charge < -0.3 is 0 Å². The van der Waals surface area contributed by atoms with Gasteiger partial charge in [-0.3, -0.25) is 11.3 Å². The Morgan fingerprint density at radius 2 is 2.18 bits per heavy atom. The minimum absolute atomic E-state index is 0.224. The van der Waals surface area contributed by atoms with Crippen molar-refractivity contribution in [3.63, 3.8) is 0 Å². The molecule has 1 saturated heterocycles. The van der Waals surface area contributed by atoms with Crippen molar-refractivity contribution in [1.29, 1.82) is 0 Å². The molecule has 1 atom stereocenters. The van der Waals surface area contributed by atoms with E-state index < -0.39 is 0 Å². The number of halogens is 1. The van der Waals surface area contributed by atoms with Crippen molar-refractivity contribution in [2.24, 2.45) is 11.8 Å². The Hall–Kier alpha value is -0.220. The Morgan fingerprint density at radius 3 is 2.82 bits per heavy atom. The molecular weight excluding hydrogens is 252 g/mol. The molecule has 0 bridgehead atoms. The molecule has 0 spiro atoms. The van der Waals surface area contributed by atoms with Crippen molar-refractivity contribution in [3.8, 4) is 0 Å². The third kappa shape index (κ3) is 3.88. The molecule has 3 N–H and O–H groups in total. The van der Waals surface area contributed by atoms with Gasteiger partial charge in [-0.15, -0.1) is 0 Å². The molecule has 0 radical (unpaired) electrons. The fourth-order valence-corrected chi connectivity index (χ4v) is 3.74. The number of hydrazine groups is 1. The fraction of sp³-hybridized carbons (Fsp3) is 0.538. The van der Waals surface area contributed by atoms with Crippen LogP contribution in [0.25, 0.3) is 0 Å². The van der Waals surface area contributed by atoms with E-state index >= 15 is 0 Å². The quantitative estimate of drug-likeness (QED) is 0.651. The lowest BCUT2D eigenvalue weighted by molar-refractivity contribution is 0.374. The van der Waals surface area contributed by atoms with Crippen LogP contribution >= 0.6 is 23.4 Å². The van der Waals surface area contributed by atoms with Crippen LogP contribution in [-0.4, -0.2) is 11.5 Å². The van der Waals surface area contributed by atoms with Gasteiger partial charge in [-0.05, 0) is 54.4 Å². The average Bonchev–Trinajstić information content (AvgIpc) is 2.37. The maximum Gasteiger partial charge on any atom is 0.0463 e. The van der Waals surface area contributed by atoms with Crippen LogP contribution in [0.2, 0.25) is 5.02 Å². The van der Waals surface area contributed by atoms with E-state index in [1.165, 1.54) is 29.9 Å². The Labute approximate surface area is 112 Å². The molecule has 1 aliphatic rings. The van der Waals surface area contributed by atoms with E-state index in [1.54, 1.807) is 0 Å². The van der Waals surface area contributed by atoms with Gasteiger partial charge in [-0.2, -0.15) is 11.8 Å². The second-order valence-corrected chi connectivity index (χ2v) is 6.23. The van der Waals surface area contributed by atoms with Crippen molar-refractivity contribution < 1.29 is 0 Å². The summed E-state index contributed by atoms with van der Waals surface area (Å²) in [4.78, 5) is 0. The van der Waals surface area contributed by atoms with E-state index in [0.29, 0.717) is 0 Å². The van der Waals surface area contributed by atoms with E-state index in [9.17, 15) is 0 Å². The monoisotopic (exact) mass is 270 g/mol. The predicted octanol–water partition coefficient (Wildman–Crippen LogP) is 3.38. The summed E-state index contributed by atoms with van der Waals surface area (Å²) in [5.41, 5.74) is 4.12. The normalized spacial score (nSPS) is 19.2. The van der Waals surface area contributed by atoms with Crippen molar-refractivity contribution in [2.45, 2.75) is 25.3 Å². The molecule has 1 unspecified atom stereocenters. The SMILES string of the molecule is NNC(CC1CCSCC1)c1cccc(Cl)c1. The third-order valence-corrected chi connectivity index (χ3v) is 4.65. The van der Waals surface area contributed by atoms with E-state index in [2.05, 4.69) is 23.3 Å². The van der Waals surface area contributed by atoms with Crippen molar-refractivity contribution >= 4 is 23.4 Å². The van der Waals surface area contributed by atoms with E-state index in [-0.39, 0.29) is 6.04 Å². The van der Waals surface area contributed by atoms with E-state index in [1.807, 2.05) is 18.2 Å². The van der Waals surface area contributed by atoms with Gasteiger partial charge in [-0.1, -0.05) is 23.7 Å². The van der Waals surface area contributed by atoms with Crippen LogP contribution in [0.4, 0.5) is 0 Å². The molecule has 1 fully saturated rings. The summed E-state index contributed by atoms with van der Waals surface area (Å²) in [6.45, 7) is 0. The zero-order valence-electron chi connectivity index (χ0n) is 9.86. The van der Waals surface area contributed by atoms with Crippen molar-refractivity contribution in [3.05, 3.63) is 34.9 Å². The molecule has 2 nitrogen and oxygen atoms in total. The topological polar surface area (TPSA) is 38.0 Å². The van der Waals surface area contributed by atoms with E-state index in [0.717, 1.165) is 17.4 Å². The smallest absolute Gasteiger partial charge is 0.0463 e. The van der Waals surface area contributed by atoms with Crippen LogP contribution in [0, 0.1) is 5.92 Å². The van der Waals surface area contributed by atoms with Crippen molar-refractivity contribution in [1.82, 2.24) is 5.43 Å². The van der Waals surface area contributed by atoms with Gasteiger partial charge in [-0.25, -0.2) is 0 Å². The first kappa shape index (κ1) is 13.2. The lowest BCUT2D eigenvalue weighted by Gasteiger charge is -2.26. The highest BCUT2D eigenvalue weighted by molar-refractivity contribution is 7.99. The van der Waals surface area contributed by atoms with Gasteiger partial charge in [0.15, 0.2) is 0 Å². The van der Waals surface area contributed by atoms with Gasteiger partial charge in [0.2, 0.25) is 0 Å². The third-order valence-electron chi connectivity index (χ3n) is 3.36. The highest BCUT2D eigenvalue weighted by Gasteiger charge is 2.19. The van der Waals surface area contributed by atoms with Gasteiger partial charge in [0.25, 0.3) is 0 Å². The summed E-state index contributed by atoms with van der Waals surface area (Å²) < 4.78 is 0. The average molecular weight is 271 g/mol. The van der Waals surface area contributed by atoms with Gasteiger partial charge in [0.05, 0.1) is 0 Å². The fourth-order valence-electron chi connectivity index (χ4n) is 2.34. The zero-order chi connectivity index (χ0) is 12.1. The molecule has 1 aromatic rings. The first-order valence-corrected chi connectivity index (χ1v) is 7.62. The second kappa shape index (κ2) is 6.64. The van der Waals surface area contributed by atoms with Gasteiger partial charge >= 0.3 is 0 Å². The van der Waals surface area contributed by atoms with Gasteiger partial charge in [0, 0.05) is 11.1 Å². The van der Waals surface area contributed by atoms with Crippen LogP contribution in [-0.2, 0) is 0 Å². The molecule has 4 heteroatoms. The van der Waals surface area contributed by atoms with Crippen LogP contribution in [0.5, 0.6) is 0 Å². The van der Waals surface area contributed by atoms with Crippen molar-refractivity contribution in [2.75, 3.05) is 11.5 Å². The standard InChI is InChI=1S/C13H19ClN2S/c14-12-3-1-2-11(9-12)13(16-15)8-10-4-6-17-7-5-10/h1-3,9-10,13,16H,4-8,15H2. The van der Waals surface area contributed by atoms with Crippen LogP contribution in [0.1, 0.15) is 30.9 Å². The Bertz CT molecular complexity index is 353. The van der Waals surface area contributed by atoms with Crippen LogP contribution in [0.15, 0.2) is 24.3 Å². The summed E-state index contributed by atoms with van der Waals surface area (Å²) in [5.74, 6) is 9.04. The van der Waals surface area contributed by atoms with Gasteiger partial charge in [0.1, 0.15) is 0 Å². The number of benzene rings is 1. The molecule has 94 valence electrons. The Morgan fingerprint density at radius 1 is 1.41 bits per heavy atom. The molecule has 0 aromatic heterocycles. The largest absolute Gasteiger partial charge is 0.271 e. The highest BCUT2D eigenvalue weighted by Crippen LogP contribution is 2.31. The summed E-state index contributed by atoms with van der Waals surface area (Å²) in [7, 11) is 0. The molecule has 1 heterocycles. The second-order valence-electron chi connectivity index (χ2n) is 4.57. The number of thioether (sulfide) groups is 1. The minimum atomic E-state index is 0.224. The molecular formula is C13H19ClN2S. The maximum atomic E-state index is 6.02. The van der Waals surface area contributed by atoms with Crippen LogP contribution < -0.4 is 11.3 Å². The molecule has 2 rings (SSSR count). The number of nitrogens with one attached hydrogen (secondary N) is 1. The molecule has 17 heavy (non-hydrogen) atoms. The van der Waals surface area contributed by atoms with Crippen LogP contribution in [0.3, 0.4) is 0 Å². The lowest BCUT2D eigenvalue weighted by atomic mass is 9.91. The molecule has 0 aliphatic carbocycles. The van der Waals surface area contributed by atoms with E-state index in [4.69, 9.17) is 17.4 Å². The number of hydrogen-bond acceptors (Lipinski definition) is 3. The summed E-state index contributed by atoms with van der Waals surface area (Å²) in [6.07, 6.45) is 3.73. The lowest BCUT2D eigenvalue weighted by Crippen LogP contribution is -2.30. The zero-order valence-corrected chi connectivity index (χ0v) is 11.4.